The Morgan fingerprint density at radius 3 is 2.50 bits per heavy atom. The van der Waals surface area contributed by atoms with Crippen molar-refractivity contribution in [1.82, 2.24) is 10.6 Å². The fraction of sp³-hybridized carbons (Fsp3) is 0.857. The molecule has 0 radical (unpaired) electrons. The highest BCUT2D eigenvalue weighted by Gasteiger charge is 2.15. The Kier molecular flexibility index (Phi) is 9.46. The topological polar surface area (TPSA) is 67.4 Å². The molecule has 0 heterocycles. The van der Waals surface area contributed by atoms with E-state index in [2.05, 4.69) is 17.6 Å². The van der Waals surface area contributed by atoms with E-state index < -0.39 is 11.7 Å². The van der Waals surface area contributed by atoms with Crippen molar-refractivity contribution >= 4 is 23.8 Å². The van der Waals surface area contributed by atoms with Crippen LogP contribution < -0.4 is 10.6 Å². The van der Waals surface area contributed by atoms with E-state index >= 15 is 0 Å². The minimum absolute atomic E-state index is 0.0280. The molecule has 0 bridgehead atoms. The summed E-state index contributed by atoms with van der Waals surface area (Å²) in [6.45, 7) is 9.99. The van der Waals surface area contributed by atoms with E-state index in [1.807, 2.05) is 39.5 Å². The van der Waals surface area contributed by atoms with Crippen LogP contribution in [-0.2, 0) is 9.53 Å². The molecule has 0 aromatic rings. The minimum atomic E-state index is -0.492. The second-order valence-corrected chi connectivity index (χ2v) is 6.98. The van der Waals surface area contributed by atoms with E-state index in [9.17, 15) is 9.59 Å². The number of carbonyl (C=O) groups is 2. The van der Waals surface area contributed by atoms with Gasteiger partial charge in [-0.05, 0) is 39.9 Å². The van der Waals surface area contributed by atoms with Crippen molar-refractivity contribution in [1.29, 1.82) is 0 Å². The van der Waals surface area contributed by atoms with Gasteiger partial charge in [-0.2, -0.15) is 11.8 Å². The molecule has 118 valence electrons. The zero-order chi connectivity index (χ0) is 15.6. The zero-order valence-corrected chi connectivity index (χ0v) is 14.1. The summed E-state index contributed by atoms with van der Waals surface area (Å²) in [7, 11) is 0. The predicted octanol–water partition coefficient (Wildman–Crippen LogP) is 2.55. The lowest BCUT2D eigenvalue weighted by atomic mass is 10.2. The van der Waals surface area contributed by atoms with Crippen LogP contribution in [0.3, 0.4) is 0 Å². The Balaban J connectivity index is 3.64. The van der Waals surface area contributed by atoms with Crippen LogP contribution in [0.25, 0.3) is 0 Å². The van der Waals surface area contributed by atoms with Crippen LogP contribution in [-0.4, -0.2) is 41.7 Å². The van der Waals surface area contributed by atoms with E-state index in [-0.39, 0.29) is 11.9 Å². The molecule has 5 nitrogen and oxygen atoms in total. The lowest BCUT2D eigenvalue weighted by Gasteiger charge is -2.19. The van der Waals surface area contributed by atoms with Gasteiger partial charge in [0, 0.05) is 24.8 Å². The Labute approximate surface area is 126 Å². The van der Waals surface area contributed by atoms with Gasteiger partial charge >= 0.3 is 6.09 Å². The Bertz CT molecular complexity index is 303. The molecular weight excluding hydrogens is 276 g/mol. The van der Waals surface area contributed by atoms with Crippen molar-refractivity contribution in [3.8, 4) is 0 Å². The number of hydrogen-bond donors (Lipinski definition) is 2. The van der Waals surface area contributed by atoms with E-state index in [0.717, 1.165) is 11.5 Å². The van der Waals surface area contributed by atoms with Gasteiger partial charge in [0.15, 0.2) is 0 Å². The van der Waals surface area contributed by atoms with Crippen LogP contribution in [0.1, 0.15) is 47.5 Å². The molecule has 0 spiro atoms. The Morgan fingerprint density at radius 1 is 1.30 bits per heavy atom. The standard InChI is InChI=1S/C14H28N2O3S/c1-6-20-10-11(2)16-12(17)8-7-9-15-13(18)19-14(3,4)5/h11H,6-10H2,1-5H3,(H,15,18)(H,16,17). The third-order valence-corrected chi connectivity index (χ3v) is 3.37. The SMILES string of the molecule is CCSCC(C)NC(=O)CCCNC(=O)OC(C)(C)C. The number of thioether (sulfide) groups is 1. The van der Waals surface area contributed by atoms with Gasteiger partial charge < -0.3 is 15.4 Å². The van der Waals surface area contributed by atoms with Crippen molar-refractivity contribution in [2.75, 3.05) is 18.1 Å². The Hall–Kier alpha value is -0.910. The second-order valence-electron chi connectivity index (χ2n) is 5.66. The molecular formula is C14H28N2O3S. The first-order valence-corrected chi connectivity index (χ1v) is 8.24. The summed E-state index contributed by atoms with van der Waals surface area (Å²) in [6, 6.07) is 0.186. The highest BCUT2D eigenvalue weighted by Crippen LogP contribution is 2.06. The third-order valence-electron chi connectivity index (χ3n) is 2.23. The maximum absolute atomic E-state index is 11.6. The quantitative estimate of drug-likeness (QED) is 0.676. The summed E-state index contributed by atoms with van der Waals surface area (Å²) in [5, 5.41) is 5.57. The third kappa shape index (κ3) is 12.1. The van der Waals surface area contributed by atoms with Crippen LogP contribution in [0.15, 0.2) is 0 Å². The summed E-state index contributed by atoms with van der Waals surface area (Å²) in [4.78, 5) is 23.0. The predicted molar refractivity (Wildman–Crippen MR) is 84.1 cm³/mol. The molecule has 0 saturated heterocycles. The average Bonchev–Trinajstić information content (AvgIpc) is 2.30. The number of amides is 2. The second kappa shape index (κ2) is 9.91. The zero-order valence-electron chi connectivity index (χ0n) is 13.2. The lowest BCUT2D eigenvalue weighted by molar-refractivity contribution is -0.121. The van der Waals surface area contributed by atoms with Gasteiger partial charge in [0.05, 0.1) is 0 Å². The number of hydrogen-bond acceptors (Lipinski definition) is 4. The molecule has 1 atom stereocenters. The van der Waals surface area contributed by atoms with Crippen LogP contribution in [0.2, 0.25) is 0 Å². The fourth-order valence-electron chi connectivity index (χ4n) is 1.44. The molecule has 0 aliphatic heterocycles. The summed E-state index contributed by atoms with van der Waals surface area (Å²) < 4.78 is 5.10. The molecule has 0 aliphatic carbocycles. The molecule has 0 aliphatic rings. The van der Waals surface area contributed by atoms with Crippen molar-refractivity contribution in [2.24, 2.45) is 0 Å². The van der Waals surface area contributed by atoms with Gasteiger partial charge in [-0.3, -0.25) is 4.79 Å². The van der Waals surface area contributed by atoms with Crippen LogP contribution in [0.5, 0.6) is 0 Å². The number of ether oxygens (including phenoxy) is 1. The van der Waals surface area contributed by atoms with E-state index in [1.54, 1.807) is 0 Å². The molecule has 0 saturated carbocycles. The molecule has 2 amide bonds. The van der Waals surface area contributed by atoms with Gasteiger partial charge in [-0.25, -0.2) is 4.79 Å². The number of rotatable bonds is 8. The largest absolute Gasteiger partial charge is 0.444 e. The molecule has 0 fully saturated rings. The summed E-state index contributed by atoms with van der Waals surface area (Å²) >= 11 is 1.81. The Morgan fingerprint density at radius 2 is 1.95 bits per heavy atom. The highest BCUT2D eigenvalue weighted by atomic mass is 32.2. The van der Waals surface area contributed by atoms with Gasteiger partial charge in [0.25, 0.3) is 0 Å². The highest BCUT2D eigenvalue weighted by molar-refractivity contribution is 7.99. The van der Waals surface area contributed by atoms with Crippen molar-refractivity contribution in [3.63, 3.8) is 0 Å². The van der Waals surface area contributed by atoms with E-state index in [0.29, 0.717) is 19.4 Å². The smallest absolute Gasteiger partial charge is 0.407 e. The fourth-order valence-corrected chi connectivity index (χ4v) is 2.11. The van der Waals surface area contributed by atoms with Crippen molar-refractivity contribution in [3.05, 3.63) is 0 Å². The summed E-state index contributed by atoms with van der Waals surface area (Å²) in [6.07, 6.45) is 0.584. The number of nitrogens with one attached hydrogen (secondary N) is 2. The molecule has 6 heteroatoms. The molecule has 0 rings (SSSR count). The van der Waals surface area contributed by atoms with Gasteiger partial charge in [-0.15, -0.1) is 0 Å². The lowest BCUT2D eigenvalue weighted by Crippen LogP contribution is -2.35. The molecule has 0 aromatic heterocycles. The van der Waals surface area contributed by atoms with Crippen molar-refractivity contribution in [2.45, 2.75) is 59.1 Å². The minimum Gasteiger partial charge on any atom is -0.444 e. The number of carbonyl (C=O) groups excluding carboxylic acids is 2. The monoisotopic (exact) mass is 304 g/mol. The van der Waals surface area contributed by atoms with Gasteiger partial charge in [0.2, 0.25) is 5.91 Å². The molecule has 0 aromatic carbocycles. The summed E-state index contributed by atoms with van der Waals surface area (Å²) in [5.41, 5.74) is -0.492. The normalized spacial score (nSPS) is 12.7. The van der Waals surface area contributed by atoms with Crippen molar-refractivity contribution < 1.29 is 14.3 Å². The summed E-state index contributed by atoms with van der Waals surface area (Å²) in [5.74, 6) is 2.01. The van der Waals surface area contributed by atoms with Gasteiger partial charge in [-0.1, -0.05) is 6.92 Å². The molecule has 20 heavy (non-hydrogen) atoms. The molecule has 2 N–H and O–H groups in total. The first-order chi connectivity index (χ1) is 9.24. The van der Waals surface area contributed by atoms with Crippen LogP contribution in [0.4, 0.5) is 4.79 Å². The maximum atomic E-state index is 11.6. The van der Waals surface area contributed by atoms with E-state index in [1.165, 1.54) is 0 Å². The molecule has 1 unspecified atom stereocenters. The first-order valence-electron chi connectivity index (χ1n) is 7.08. The maximum Gasteiger partial charge on any atom is 0.407 e. The first kappa shape index (κ1) is 19.1. The van der Waals surface area contributed by atoms with Gasteiger partial charge in [0.1, 0.15) is 5.60 Å². The van der Waals surface area contributed by atoms with E-state index in [4.69, 9.17) is 4.74 Å². The van der Waals surface area contributed by atoms with Crippen LogP contribution >= 0.6 is 11.8 Å². The van der Waals surface area contributed by atoms with Crippen LogP contribution in [0, 0.1) is 0 Å². The average molecular weight is 304 g/mol. The number of alkyl carbamates (subject to hydrolysis) is 1.